The van der Waals surface area contributed by atoms with E-state index in [0.29, 0.717) is 0 Å². The van der Waals surface area contributed by atoms with E-state index in [0.717, 1.165) is 31.4 Å². The molecule has 0 aromatic heterocycles. The summed E-state index contributed by atoms with van der Waals surface area (Å²) in [7, 11) is 0. The summed E-state index contributed by atoms with van der Waals surface area (Å²) in [5, 5.41) is 2.94. The molecule has 0 heterocycles. The molecule has 1 N–H and O–H groups in total. The largest absolute Gasteiger partial charge is 0.352 e. The Kier molecular flexibility index (Phi) is 11.1. The summed E-state index contributed by atoms with van der Waals surface area (Å²) < 4.78 is 0. The molecule has 0 atom stereocenters. The zero-order valence-corrected chi connectivity index (χ0v) is 11.7. The maximum absolute atomic E-state index is 11.6. The van der Waals surface area contributed by atoms with Gasteiger partial charge in [0.05, 0.1) is 0 Å². The van der Waals surface area contributed by atoms with Crippen molar-refractivity contribution >= 4 is 5.91 Å². The van der Waals surface area contributed by atoms with Gasteiger partial charge in [-0.2, -0.15) is 0 Å². The normalized spacial score (nSPS) is 10.2. The predicted octanol–water partition coefficient (Wildman–Crippen LogP) is 4.21. The number of nitrogens with one attached hydrogen (secondary N) is 1. The molecule has 2 nitrogen and oxygen atoms in total. The van der Waals surface area contributed by atoms with Crippen molar-refractivity contribution in [2.75, 3.05) is 6.54 Å². The van der Waals surface area contributed by atoms with Crippen LogP contribution in [0.15, 0.2) is 12.2 Å². The summed E-state index contributed by atoms with van der Waals surface area (Å²) in [6.45, 7) is 9.04. The van der Waals surface area contributed by atoms with Gasteiger partial charge in [0.2, 0.25) is 5.91 Å². The van der Waals surface area contributed by atoms with Gasteiger partial charge in [0.1, 0.15) is 0 Å². The van der Waals surface area contributed by atoms with E-state index in [-0.39, 0.29) is 5.91 Å². The van der Waals surface area contributed by atoms with E-state index in [1.165, 1.54) is 38.5 Å². The minimum atomic E-state index is 0.0537. The Bertz CT molecular complexity index is 211. The molecule has 2 heteroatoms. The van der Waals surface area contributed by atoms with Crippen molar-refractivity contribution in [2.45, 2.75) is 71.6 Å². The Morgan fingerprint density at radius 1 is 0.941 bits per heavy atom. The fourth-order valence-electron chi connectivity index (χ4n) is 1.76. The van der Waals surface area contributed by atoms with Crippen LogP contribution in [0.3, 0.4) is 0 Å². The lowest BCUT2D eigenvalue weighted by molar-refractivity contribution is -0.117. The van der Waals surface area contributed by atoms with Crippen LogP contribution in [-0.4, -0.2) is 12.5 Å². The Morgan fingerprint density at radius 3 is 2.12 bits per heavy atom. The van der Waals surface area contributed by atoms with Crippen LogP contribution < -0.4 is 5.32 Å². The van der Waals surface area contributed by atoms with E-state index in [1.807, 2.05) is 0 Å². The second-order valence-corrected chi connectivity index (χ2v) is 4.73. The van der Waals surface area contributed by atoms with Crippen molar-refractivity contribution in [3.63, 3.8) is 0 Å². The van der Waals surface area contributed by atoms with E-state index in [9.17, 15) is 4.79 Å². The van der Waals surface area contributed by atoms with Crippen LogP contribution in [0, 0.1) is 0 Å². The lowest BCUT2D eigenvalue weighted by Crippen LogP contribution is -2.25. The highest BCUT2D eigenvalue weighted by atomic mass is 16.1. The van der Waals surface area contributed by atoms with E-state index in [1.54, 1.807) is 0 Å². The lowest BCUT2D eigenvalue weighted by Gasteiger charge is -2.07. The topological polar surface area (TPSA) is 29.1 Å². The third kappa shape index (κ3) is 10.1. The molecular weight excluding hydrogens is 210 g/mol. The van der Waals surface area contributed by atoms with Crippen LogP contribution in [-0.2, 0) is 4.79 Å². The van der Waals surface area contributed by atoms with Gasteiger partial charge in [0.25, 0.3) is 0 Å². The van der Waals surface area contributed by atoms with Crippen molar-refractivity contribution in [3.8, 4) is 0 Å². The van der Waals surface area contributed by atoms with Crippen molar-refractivity contribution < 1.29 is 4.79 Å². The third-order valence-electron chi connectivity index (χ3n) is 2.97. The smallest absolute Gasteiger partial charge is 0.246 e. The average molecular weight is 239 g/mol. The minimum absolute atomic E-state index is 0.0537. The summed E-state index contributed by atoms with van der Waals surface area (Å²) in [4.78, 5) is 11.6. The molecule has 0 aromatic rings. The van der Waals surface area contributed by atoms with Gasteiger partial charge in [-0.3, -0.25) is 4.79 Å². The maximum atomic E-state index is 11.6. The lowest BCUT2D eigenvalue weighted by atomic mass is 10.1. The summed E-state index contributed by atoms with van der Waals surface area (Å²) in [6.07, 6.45) is 10.4. The first-order valence-corrected chi connectivity index (χ1v) is 7.18. The molecule has 0 aliphatic heterocycles. The third-order valence-corrected chi connectivity index (χ3v) is 2.97. The van der Waals surface area contributed by atoms with Crippen LogP contribution in [0.1, 0.15) is 71.6 Å². The van der Waals surface area contributed by atoms with Gasteiger partial charge >= 0.3 is 0 Å². The molecule has 0 aliphatic carbocycles. The van der Waals surface area contributed by atoms with Crippen LogP contribution >= 0.6 is 0 Å². The molecule has 100 valence electrons. The fourth-order valence-corrected chi connectivity index (χ4v) is 1.76. The monoisotopic (exact) mass is 239 g/mol. The molecule has 17 heavy (non-hydrogen) atoms. The van der Waals surface area contributed by atoms with Gasteiger partial charge < -0.3 is 5.32 Å². The SMILES string of the molecule is C=C(CCCCCC)C(=O)NCCCCCC. The van der Waals surface area contributed by atoms with Gasteiger partial charge in [0.15, 0.2) is 0 Å². The summed E-state index contributed by atoms with van der Waals surface area (Å²) in [5.74, 6) is 0.0537. The number of amides is 1. The minimum Gasteiger partial charge on any atom is -0.352 e. The van der Waals surface area contributed by atoms with Gasteiger partial charge in [-0.25, -0.2) is 0 Å². The van der Waals surface area contributed by atoms with Crippen LogP contribution in [0.2, 0.25) is 0 Å². The first-order valence-electron chi connectivity index (χ1n) is 7.18. The number of carbonyl (C=O) groups is 1. The molecular formula is C15H29NO. The number of carbonyl (C=O) groups excluding carboxylic acids is 1. The van der Waals surface area contributed by atoms with Crippen LogP contribution in [0.25, 0.3) is 0 Å². The quantitative estimate of drug-likeness (QED) is 0.425. The van der Waals surface area contributed by atoms with Gasteiger partial charge in [-0.15, -0.1) is 0 Å². The first-order chi connectivity index (χ1) is 8.22. The Morgan fingerprint density at radius 2 is 1.53 bits per heavy atom. The van der Waals surface area contributed by atoms with E-state index in [2.05, 4.69) is 25.7 Å². The van der Waals surface area contributed by atoms with Gasteiger partial charge in [-0.05, 0) is 19.3 Å². The Labute approximate surface area is 107 Å². The molecule has 0 fully saturated rings. The highest BCUT2D eigenvalue weighted by molar-refractivity contribution is 5.92. The van der Waals surface area contributed by atoms with Crippen molar-refractivity contribution in [2.24, 2.45) is 0 Å². The first kappa shape index (κ1) is 16.2. The Balaban J connectivity index is 3.44. The number of unbranched alkanes of at least 4 members (excludes halogenated alkanes) is 6. The zero-order valence-electron chi connectivity index (χ0n) is 11.7. The predicted molar refractivity (Wildman–Crippen MR) is 75.1 cm³/mol. The van der Waals surface area contributed by atoms with Gasteiger partial charge in [0, 0.05) is 12.1 Å². The molecule has 0 spiro atoms. The van der Waals surface area contributed by atoms with Crippen LogP contribution in [0.5, 0.6) is 0 Å². The molecule has 0 aliphatic rings. The molecule has 0 unspecified atom stereocenters. The van der Waals surface area contributed by atoms with Gasteiger partial charge in [-0.1, -0.05) is 59.0 Å². The summed E-state index contributed by atoms with van der Waals surface area (Å²) in [5.41, 5.74) is 0.747. The van der Waals surface area contributed by atoms with Crippen molar-refractivity contribution in [3.05, 3.63) is 12.2 Å². The zero-order chi connectivity index (χ0) is 12.9. The molecule has 0 bridgehead atoms. The molecule has 0 saturated heterocycles. The van der Waals surface area contributed by atoms with E-state index in [4.69, 9.17) is 0 Å². The number of hydrogen-bond acceptors (Lipinski definition) is 1. The van der Waals surface area contributed by atoms with E-state index >= 15 is 0 Å². The highest BCUT2D eigenvalue weighted by Crippen LogP contribution is 2.08. The molecule has 0 radical (unpaired) electrons. The molecule has 0 saturated carbocycles. The highest BCUT2D eigenvalue weighted by Gasteiger charge is 2.05. The molecule has 0 rings (SSSR count). The van der Waals surface area contributed by atoms with Crippen molar-refractivity contribution in [1.29, 1.82) is 0 Å². The molecule has 1 amide bonds. The summed E-state index contributed by atoms with van der Waals surface area (Å²) in [6, 6.07) is 0. The average Bonchev–Trinajstić information content (AvgIpc) is 2.34. The molecule has 0 aromatic carbocycles. The number of rotatable bonds is 11. The standard InChI is InChI=1S/C15H29NO/c1-4-6-8-10-12-14(3)15(17)16-13-11-9-7-5-2/h3-13H2,1-2H3,(H,16,17). The van der Waals surface area contributed by atoms with Crippen molar-refractivity contribution in [1.82, 2.24) is 5.32 Å². The number of hydrogen-bond donors (Lipinski definition) is 1. The second kappa shape index (κ2) is 11.7. The summed E-state index contributed by atoms with van der Waals surface area (Å²) >= 11 is 0. The maximum Gasteiger partial charge on any atom is 0.246 e. The van der Waals surface area contributed by atoms with Crippen LogP contribution in [0.4, 0.5) is 0 Å². The fraction of sp³-hybridized carbons (Fsp3) is 0.800. The van der Waals surface area contributed by atoms with E-state index < -0.39 is 0 Å². The Hall–Kier alpha value is -0.790. The second-order valence-electron chi connectivity index (χ2n) is 4.73.